The fourth-order valence-electron chi connectivity index (χ4n) is 3.53. The summed E-state index contributed by atoms with van der Waals surface area (Å²) in [4.78, 5) is 11.0. The Balaban J connectivity index is 1.83. The van der Waals surface area contributed by atoms with E-state index in [1.54, 1.807) is 19.2 Å². The second-order valence-electron chi connectivity index (χ2n) is 8.20. The first-order valence-electron chi connectivity index (χ1n) is 10.8. The van der Waals surface area contributed by atoms with Gasteiger partial charge in [-0.1, -0.05) is 31.2 Å². The number of halogens is 1. The topological polar surface area (TPSA) is 65.0 Å². The lowest BCUT2D eigenvalue weighted by Gasteiger charge is -2.17. The van der Waals surface area contributed by atoms with Crippen LogP contribution in [-0.4, -0.2) is 24.3 Å². The third-order valence-corrected chi connectivity index (χ3v) is 5.19. The maximum Gasteiger partial charge on any atom is 0.303 e. The van der Waals surface area contributed by atoms with Crippen molar-refractivity contribution in [2.24, 2.45) is 0 Å². The average Bonchev–Trinajstić information content (AvgIpc) is 2.78. The van der Waals surface area contributed by atoms with E-state index in [1.807, 2.05) is 63.2 Å². The summed E-state index contributed by atoms with van der Waals surface area (Å²) in [6.45, 7) is 5.99. The Kier molecular flexibility index (Phi) is 7.93. The molecule has 5 nitrogen and oxygen atoms in total. The SMILES string of the molecule is COc1ccc(F)c(-c2ccc(COc3cccc([C@@H](C)CC(=O)O)c3)cc2OC(C)C)c1. The van der Waals surface area contributed by atoms with Crippen LogP contribution in [0.3, 0.4) is 0 Å². The van der Waals surface area contributed by atoms with Gasteiger partial charge in [-0.2, -0.15) is 0 Å². The first-order chi connectivity index (χ1) is 15.8. The lowest BCUT2D eigenvalue weighted by Crippen LogP contribution is -2.08. The molecule has 0 saturated carbocycles. The summed E-state index contributed by atoms with van der Waals surface area (Å²) < 4.78 is 31.8. The van der Waals surface area contributed by atoms with Gasteiger partial charge in [0, 0.05) is 11.1 Å². The van der Waals surface area contributed by atoms with Crippen LogP contribution in [0, 0.1) is 5.82 Å². The average molecular weight is 453 g/mol. The predicted octanol–water partition coefficient (Wildman–Crippen LogP) is 6.45. The van der Waals surface area contributed by atoms with Gasteiger partial charge in [0.25, 0.3) is 0 Å². The summed E-state index contributed by atoms with van der Waals surface area (Å²) in [5.41, 5.74) is 2.80. The van der Waals surface area contributed by atoms with Crippen LogP contribution in [0.4, 0.5) is 4.39 Å². The lowest BCUT2D eigenvalue weighted by atomic mass is 9.98. The number of rotatable bonds is 10. The highest BCUT2D eigenvalue weighted by Crippen LogP contribution is 2.36. The van der Waals surface area contributed by atoms with Crippen molar-refractivity contribution in [3.05, 3.63) is 77.6 Å². The van der Waals surface area contributed by atoms with E-state index in [4.69, 9.17) is 19.3 Å². The van der Waals surface area contributed by atoms with Crippen molar-refractivity contribution in [1.82, 2.24) is 0 Å². The van der Waals surface area contributed by atoms with Gasteiger partial charge < -0.3 is 19.3 Å². The second kappa shape index (κ2) is 10.9. The standard InChI is InChI=1S/C27H29FO5/c1-17(2)33-26-13-19(8-10-23(26)24-15-21(31-4)9-11-25(24)28)16-32-22-7-5-6-20(14-22)18(3)12-27(29)30/h5-11,13-15,17-18H,12,16H2,1-4H3,(H,29,30)/t18-/m0/s1. The normalized spacial score (nSPS) is 11.8. The van der Waals surface area contributed by atoms with E-state index < -0.39 is 5.97 Å². The highest BCUT2D eigenvalue weighted by molar-refractivity contribution is 5.72. The summed E-state index contributed by atoms with van der Waals surface area (Å²) in [7, 11) is 1.54. The van der Waals surface area contributed by atoms with Crippen molar-refractivity contribution >= 4 is 5.97 Å². The minimum absolute atomic E-state index is 0.0572. The molecule has 0 bridgehead atoms. The van der Waals surface area contributed by atoms with Crippen molar-refractivity contribution in [2.75, 3.05) is 7.11 Å². The molecule has 0 aliphatic heterocycles. The van der Waals surface area contributed by atoms with Crippen molar-refractivity contribution in [3.63, 3.8) is 0 Å². The first kappa shape index (κ1) is 24.1. The summed E-state index contributed by atoms with van der Waals surface area (Å²) in [6, 6.07) is 17.6. The molecule has 0 spiro atoms. The second-order valence-corrected chi connectivity index (χ2v) is 8.20. The molecule has 1 atom stereocenters. The Bertz CT molecular complexity index is 1110. The highest BCUT2D eigenvalue weighted by Gasteiger charge is 2.15. The quantitative estimate of drug-likeness (QED) is 0.383. The molecule has 0 unspecified atom stereocenters. The lowest BCUT2D eigenvalue weighted by molar-refractivity contribution is -0.137. The molecule has 0 aromatic heterocycles. The predicted molar refractivity (Wildman–Crippen MR) is 126 cm³/mol. The van der Waals surface area contributed by atoms with Crippen molar-refractivity contribution in [1.29, 1.82) is 0 Å². The number of carboxylic acid groups (broad SMARTS) is 1. The van der Waals surface area contributed by atoms with Gasteiger partial charge in [0.2, 0.25) is 0 Å². The zero-order valence-electron chi connectivity index (χ0n) is 19.3. The van der Waals surface area contributed by atoms with E-state index in [2.05, 4.69) is 0 Å². The Morgan fingerprint density at radius 1 is 0.970 bits per heavy atom. The zero-order valence-corrected chi connectivity index (χ0v) is 19.3. The molecule has 6 heteroatoms. The fraction of sp³-hybridized carbons (Fsp3) is 0.296. The molecule has 3 aromatic carbocycles. The van der Waals surface area contributed by atoms with Gasteiger partial charge >= 0.3 is 5.97 Å². The van der Waals surface area contributed by atoms with Crippen LogP contribution < -0.4 is 14.2 Å². The van der Waals surface area contributed by atoms with Crippen LogP contribution in [0.25, 0.3) is 11.1 Å². The Hall–Kier alpha value is -3.54. The van der Waals surface area contributed by atoms with Gasteiger partial charge in [-0.15, -0.1) is 0 Å². The molecular weight excluding hydrogens is 423 g/mol. The third-order valence-electron chi connectivity index (χ3n) is 5.19. The molecule has 1 N–H and O–H groups in total. The smallest absolute Gasteiger partial charge is 0.303 e. The summed E-state index contributed by atoms with van der Waals surface area (Å²) >= 11 is 0. The van der Waals surface area contributed by atoms with Gasteiger partial charge in [0.15, 0.2) is 0 Å². The van der Waals surface area contributed by atoms with Crippen molar-refractivity contribution in [3.8, 4) is 28.4 Å². The minimum atomic E-state index is -0.834. The number of carbonyl (C=O) groups is 1. The van der Waals surface area contributed by atoms with E-state index >= 15 is 0 Å². The number of hydrogen-bond acceptors (Lipinski definition) is 4. The molecule has 174 valence electrons. The van der Waals surface area contributed by atoms with Crippen LogP contribution in [0.2, 0.25) is 0 Å². The van der Waals surface area contributed by atoms with E-state index in [0.717, 1.165) is 11.1 Å². The zero-order chi connectivity index (χ0) is 24.0. The van der Waals surface area contributed by atoms with Gasteiger partial charge in [-0.05, 0) is 67.3 Å². The van der Waals surface area contributed by atoms with Gasteiger partial charge in [0.05, 0.1) is 19.6 Å². The van der Waals surface area contributed by atoms with Gasteiger partial charge in [-0.3, -0.25) is 4.79 Å². The minimum Gasteiger partial charge on any atom is -0.497 e. The molecule has 33 heavy (non-hydrogen) atoms. The molecule has 0 amide bonds. The fourth-order valence-corrected chi connectivity index (χ4v) is 3.53. The van der Waals surface area contributed by atoms with E-state index in [-0.39, 0.29) is 30.9 Å². The number of ether oxygens (including phenoxy) is 3. The molecular formula is C27H29FO5. The first-order valence-corrected chi connectivity index (χ1v) is 10.8. The summed E-state index contributed by atoms with van der Waals surface area (Å²) in [5.74, 6) is 0.460. The Morgan fingerprint density at radius 2 is 1.76 bits per heavy atom. The van der Waals surface area contributed by atoms with Crippen LogP contribution >= 0.6 is 0 Å². The number of methoxy groups -OCH3 is 1. The van der Waals surface area contributed by atoms with E-state index in [1.165, 1.54) is 6.07 Å². The largest absolute Gasteiger partial charge is 0.497 e. The molecule has 3 aromatic rings. The van der Waals surface area contributed by atoms with Crippen molar-refractivity contribution in [2.45, 2.75) is 45.8 Å². The molecule has 0 radical (unpaired) electrons. The van der Waals surface area contributed by atoms with E-state index in [0.29, 0.717) is 28.4 Å². The summed E-state index contributed by atoms with van der Waals surface area (Å²) in [5, 5.41) is 9.03. The molecule has 0 heterocycles. The van der Waals surface area contributed by atoms with Crippen LogP contribution in [0.1, 0.15) is 44.2 Å². The number of hydrogen-bond donors (Lipinski definition) is 1. The van der Waals surface area contributed by atoms with Crippen LogP contribution in [-0.2, 0) is 11.4 Å². The number of carboxylic acids is 1. The molecule has 0 saturated heterocycles. The Morgan fingerprint density at radius 3 is 2.45 bits per heavy atom. The molecule has 0 aliphatic carbocycles. The maximum absolute atomic E-state index is 14.6. The molecule has 3 rings (SSSR count). The Labute approximate surface area is 193 Å². The highest BCUT2D eigenvalue weighted by atomic mass is 19.1. The van der Waals surface area contributed by atoms with Crippen molar-refractivity contribution < 1.29 is 28.5 Å². The maximum atomic E-state index is 14.6. The number of benzene rings is 3. The monoisotopic (exact) mass is 452 g/mol. The third kappa shape index (κ3) is 6.48. The van der Waals surface area contributed by atoms with E-state index in [9.17, 15) is 9.18 Å². The van der Waals surface area contributed by atoms with Crippen LogP contribution in [0.5, 0.6) is 17.2 Å². The number of aliphatic carboxylic acids is 1. The van der Waals surface area contributed by atoms with Gasteiger partial charge in [-0.25, -0.2) is 4.39 Å². The van der Waals surface area contributed by atoms with Crippen LogP contribution in [0.15, 0.2) is 60.7 Å². The van der Waals surface area contributed by atoms with Gasteiger partial charge in [0.1, 0.15) is 29.7 Å². The molecule has 0 fully saturated rings. The summed E-state index contributed by atoms with van der Waals surface area (Å²) in [6.07, 6.45) is -0.0391. The molecule has 0 aliphatic rings.